The van der Waals surface area contributed by atoms with Gasteiger partial charge in [-0.1, -0.05) is 17.7 Å². The number of carbonyl (C=O) groups is 2. The molecule has 3 fully saturated rings. The summed E-state index contributed by atoms with van der Waals surface area (Å²) in [5, 5.41) is 12.7. The van der Waals surface area contributed by atoms with Crippen LogP contribution in [0.2, 0.25) is 0 Å². The van der Waals surface area contributed by atoms with Gasteiger partial charge in [-0.05, 0) is 94.4 Å². The van der Waals surface area contributed by atoms with E-state index in [9.17, 15) is 14.7 Å². The molecule has 3 aromatic rings. The second-order valence-electron chi connectivity index (χ2n) is 12.5. The number of thiazole rings is 1. The van der Waals surface area contributed by atoms with Gasteiger partial charge >= 0.3 is 5.97 Å². The molecule has 1 unspecified atom stereocenters. The molecule has 8 nitrogen and oxygen atoms in total. The summed E-state index contributed by atoms with van der Waals surface area (Å²) < 4.78 is 6.38. The van der Waals surface area contributed by atoms with Crippen molar-refractivity contribution in [2.45, 2.75) is 45.8 Å². The van der Waals surface area contributed by atoms with Gasteiger partial charge in [0.25, 0.3) is 5.91 Å². The van der Waals surface area contributed by atoms with Crippen molar-refractivity contribution in [3.63, 3.8) is 0 Å². The van der Waals surface area contributed by atoms with Gasteiger partial charge in [-0.15, -0.1) is 11.3 Å². The van der Waals surface area contributed by atoms with E-state index in [1.165, 1.54) is 0 Å². The first kappa shape index (κ1) is 28.7. The Bertz CT molecular complexity index is 1470. The molecule has 1 saturated carbocycles. The van der Waals surface area contributed by atoms with Gasteiger partial charge in [0.15, 0.2) is 5.13 Å². The number of likely N-dealkylation sites (tertiary alicyclic amines) is 1. The number of hydrogen-bond donors (Lipinski definition) is 1. The Hall–Kier alpha value is -3.43. The number of carboxylic acid groups (broad SMARTS) is 1. The van der Waals surface area contributed by atoms with Crippen LogP contribution < -0.4 is 9.64 Å². The van der Waals surface area contributed by atoms with Gasteiger partial charge in [-0.2, -0.15) is 0 Å². The zero-order chi connectivity index (χ0) is 29.5. The highest BCUT2D eigenvalue weighted by Crippen LogP contribution is 2.44. The number of carboxylic acids is 1. The molecule has 1 amide bonds. The van der Waals surface area contributed by atoms with E-state index < -0.39 is 5.97 Å². The first-order chi connectivity index (χ1) is 20.2. The van der Waals surface area contributed by atoms with Gasteiger partial charge in [0.1, 0.15) is 12.4 Å². The molecule has 1 N–H and O–H groups in total. The predicted molar refractivity (Wildman–Crippen MR) is 165 cm³/mol. The normalized spacial score (nSPS) is 23.5. The van der Waals surface area contributed by atoms with E-state index in [-0.39, 0.29) is 23.7 Å². The van der Waals surface area contributed by atoms with Gasteiger partial charge in [-0.3, -0.25) is 9.59 Å². The summed E-state index contributed by atoms with van der Waals surface area (Å²) in [6.07, 6.45) is 2.97. The third kappa shape index (κ3) is 5.64. The van der Waals surface area contributed by atoms with Crippen molar-refractivity contribution in [1.82, 2.24) is 14.8 Å². The summed E-state index contributed by atoms with van der Waals surface area (Å²) >= 11 is 1.61. The van der Waals surface area contributed by atoms with Crippen LogP contribution in [0.5, 0.6) is 5.75 Å². The van der Waals surface area contributed by atoms with Crippen molar-refractivity contribution in [3.8, 4) is 17.0 Å². The Morgan fingerprint density at radius 2 is 1.81 bits per heavy atom. The Morgan fingerprint density at radius 1 is 1.05 bits per heavy atom. The molecule has 1 aromatic heterocycles. The predicted octanol–water partition coefficient (Wildman–Crippen LogP) is 5.33. The molecule has 0 spiro atoms. The summed E-state index contributed by atoms with van der Waals surface area (Å²) in [4.78, 5) is 36.3. The van der Waals surface area contributed by atoms with Crippen LogP contribution in [-0.2, 0) is 11.4 Å². The topological polar surface area (TPSA) is 86.2 Å². The Labute approximate surface area is 251 Å². The standard InChI is InChI=1S/C33H40N4O4S/c1-20-5-10-29(41-18-25-9-6-22(14-21(25)2)31(38)36-12-11-26(17-36)35(3)4)27(13-20)28-19-42-33(34-28)37-15-23-7-8-24(16-37)30(23)32(39)40/h5-6,9-10,13-14,19,23-24,26,30H,7-8,11-12,15-18H2,1-4H3,(H,39,40)/t23-,24+,26?,30+. The Kier molecular flexibility index (Phi) is 7.98. The zero-order valence-electron chi connectivity index (χ0n) is 24.9. The summed E-state index contributed by atoms with van der Waals surface area (Å²) in [6.45, 7) is 7.56. The van der Waals surface area contributed by atoms with Crippen LogP contribution in [0.3, 0.4) is 0 Å². The monoisotopic (exact) mass is 588 g/mol. The van der Waals surface area contributed by atoms with Crippen molar-refractivity contribution >= 4 is 28.3 Å². The number of fused-ring (bicyclic) bond motifs is 2. The lowest BCUT2D eigenvalue weighted by Gasteiger charge is -2.35. The number of aromatic nitrogens is 1. The van der Waals surface area contributed by atoms with Crippen LogP contribution in [0.4, 0.5) is 5.13 Å². The molecule has 2 bridgehead atoms. The number of nitrogens with zero attached hydrogens (tertiary/aromatic N) is 4. The highest BCUT2D eigenvalue weighted by molar-refractivity contribution is 7.14. The summed E-state index contributed by atoms with van der Waals surface area (Å²) in [6, 6.07) is 12.5. The van der Waals surface area contributed by atoms with E-state index >= 15 is 0 Å². The van der Waals surface area contributed by atoms with Crippen molar-refractivity contribution in [3.05, 3.63) is 64.0 Å². The van der Waals surface area contributed by atoms with Gasteiger partial charge < -0.3 is 24.5 Å². The Morgan fingerprint density at radius 3 is 2.48 bits per heavy atom. The number of benzene rings is 2. The summed E-state index contributed by atoms with van der Waals surface area (Å²) in [5.74, 6) is 0.389. The third-order valence-electron chi connectivity index (χ3n) is 9.45. The molecular weight excluding hydrogens is 548 g/mol. The van der Waals surface area contributed by atoms with Crippen molar-refractivity contribution in [1.29, 1.82) is 0 Å². The molecule has 222 valence electrons. The van der Waals surface area contributed by atoms with Crippen molar-refractivity contribution in [2.75, 3.05) is 45.2 Å². The van der Waals surface area contributed by atoms with Crippen LogP contribution in [0.25, 0.3) is 11.3 Å². The van der Waals surface area contributed by atoms with Gasteiger partial charge in [0, 0.05) is 48.7 Å². The number of amides is 1. The lowest BCUT2D eigenvalue weighted by atomic mass is 9.85. The van der Waals surface area contributed by atoms with E-state index in [4.69, 9.17) is 9.72 Å². The highest BCUT2D eigenvalue weighted by Gasteiger charge is 2.46. The van der Waals surface area contributed by atoms with Gasteiger partial charge in [-0.25, -0.2) is 4.98 Å². The number of aryl methyl sites for hydroxylation is 2. The van der Waals surface area contributed by atoms with Crippen molar-refractivity contribution < 1.29 is 19.4 Å². The van der Waals surface area contributed by atoms with Crippen LogP contribution in [0.1, 0.15) is 46.3 Å². The van der Waals surface area contributed by atoms with E-state index in [1.807, 2.05) is 42.2 Å². The molecule has 9 heteroatoms. The molecule has 6 rings (SSSR count). The number of rotatable bonds is 8. The van der Waals surface area contributed by atoms with Crippen molar-refractivity contribution in [2.24, 2.45) is 17.8 Å². The number of piperidine rings is 1. The maximum Gasteiger partial charge on any atom is 0.307 e. The number of ether oxygens (including phenoxy) is 1. The number of hydrogen-bond acceptors (Lipinski definition) is 7. The van der Waals surface area contributed by atoms with E-state index in [2.05, 4.69) is 42.3 Å². The van der Waals surface area contributed by atoms with Crippen LogP contribution in [0, 0.1) is 31.6 Å². The molecule has 2 aliphatic heterocycles. The molecule has 2 saturated heterocycles. The number of likely N-dealkylation sites (N-methyl/N-ethyl adjacent to an activating group) is 1. The molecule has 1 aliphatic carbocycles. The number of aliphatic carboxylic acids is 1. The van der Waals surface area contributed by atoms with Gasteiger partial charge in [0.05, 0.1) is 11.6 Å². The minimum Gasteiger partial charge on any atom is -0.488 e. The SMILES string of the molecule is Cc1ccc(OCc2ccc(C(=O)N3CCC(N(C)C)C3)cc2C)c(-c2csc(N3C[C@H]4CC[C@@H](C3)[C@H]4C(=O)O)n2)c1. The first-order valence-electron chi connectivity index (χ1n) is 14.9. The maximum absolute atomic E-state index is 13.1. The Balaban J connectivity index is 1.14. The lowest BCUT2D eigenvalue weighted by Crippen LogP contribution is -2.44. The highest BCUT2D eigenvalue weighted by atomic mass is 32.1. The average molecular weight is 589 g/mol. The first-order valence-corrected chi connectivity index (χ1v) is 15.8. The molecule has 4 atom stereocenters. The fourth-order valence-electron chi connectivity index (χ4n) is 6.96. The molecular formula is C33H40N4O4S. The molecule has 2 aromatic carbocycles. The summed E-state index contributed by atoms with van der Waals surface area (Å²) in [7, 11) is 4.14. The molecule has 0 radical (unpaired) electrons. The van der Waals surface area contributed by atoms with Crippen LogP contribution in [0.15, 0.2) is 41.8 Å². The minimum absolute atomic E-state index is 0.0928. The largest absolute Gasteiger partial charge is 0.488 e. The minimum atomic E-state index is -0.648. The molecule has 3 aliphatic rings. The fraction of sp³-hybridized carbons (Fsp3) is 0.485. The smallest absolute Gasteiger partial charge is 0.307 e. The van der Waals surface area contributed by atoms with Crippen LogP contribution >= 0.6 is 11.3 Å². The zero-order valence-corrected chi connectivity index (χ0v) is 25.7. The summed E-state index contributed by atoms with van der Waals surface area (Å²) in [5.41, 5.74) is 5.76. The molecule has 42 heavy (non-hydrogen) atoms. The second-order valence-corrected chi connectivity index (χ2v) is 13.3. The second kappa shape index (κ2) is 11.7. The fourth-order valence-corrected chi connectivity index (χ4v) is 7.81. The third-order valence-corrected chi connectivity index (χ3v) is 10.3. The maximum atomic E-state index is 13.1. The molecule has 3 heterocycles. The quantitative estimate of drug-likeness (QED) is 0.381. The van der Waals surface area contributed by atoms with E-state index in [0.29, 0.717) is 12.6 Å². The van der Waals surface area contributed by atoms with Crippen LogP contribution in [-0.4, -0.2) is 78.1 Å². The van der Waals surface area contributed by atoms with E-state index in [1.54, 1.807) is 11.3 Å². The lowest BCUT2D eigenvalue weighted by molar-refractivity contribution is -0.144. The van der Waals surface area contributed by atoms with E-state index in [0.717, 1.165) is 89.8 Å². The number of anilines is 1. The number of carbonyl (C=O) groups excluding carboxylic acids is 1. The van der Waals surface area contributed by atoms with Gasteiger partial charge in [0.2, 0.25) is 0 Å². The average Bonchev–Trinajstić information content (AvgIpc) is 3.71.